The monoisotopic (exact) mass is 642 g/mol. The van der Waals surface area contributed by atoms with Crippen LogP contribution >= 0.6 is 0 Å². The summed E-state index contributed by atoms with van der Waals surface area (Å²) in [6.07, 6.45) is 56.8. The van der Waals surface area contributed by atoms with Gasteiger partial charge in [0.15, 0.2) is 0 Å². The van der Waals surface area contributed by atoms with Crippen LogP contribution in [0.5, 0.6) is 0 Å². The van der Waals surface area contributed by atoms with Crippen molar-refractivity contribution in [1.29, 1.82) is 0 Å². The van der Waals surface area contributed by atoms with Gasteiger partial charge in [0.05, 0.1) is 6.26 Å². The second-order valence-corrected chi connectivity index (χ2v) is 13.8. The average Bonchev–Trinajstić information content (AvgIpc) is 3.04. The maximum atomic E-state index is 11.6. The molecule has 0 fully saturated rings. The SMILES string of the molecule is CCCCCCCCC=CCCCCCCCCCCCCCCCCCC=CCC=CCCC/C=C\OC(=O)CCCN(C)C. The number of carbonyl (C=O) groups is 1. The fourth-order valence-corrected chi connectivity index (χ4v) is 5.75. The molecule has 0 aliphatic carbocycles. The fourth-order valence-electron chi connectivity index (χ4n) is 5.75. The molecular formula is C43H79NO2. The molecule has 0 bridgehead atoms. The van der Waals surface area contributed by atoms with Crippen LogP contribution in [0, 0.1) is 0 Å². The third-order valence-corrected chi connectivity index (χ3v) is 8.76. The van der Waals surface area contributed by atoms with Gasteiger partial charge in [0.1, 0.15) is 0 Å². The van der Waals surface area contributed by atoms with Crippen LogP contribution in [0.3, 0.4) is 0 Å². The van der Waals surface area contributed by atoms with Crippen molar-refractivity contribution in [2.45, 2.75) is 200 Å². The maximum absolute atomic E-state index is 11.6. The zero-order valence-electron chi connectivity index (χ0n) is 31.3. The molecule has 3 nitrogen and oxygen atoms in total. The Morgan fingerprint density at radius 2 is 0.826 bits per heavy atom. The van der Waals surface area contributed by atoms with Gasteiger partial charge in [0.2, 0.25) is 0 Å². The predicted molar refractivity (Wildman–Crippen MR) is 205 cm³/mol. The topological polar surface area (TPSA) is 29.5 Å². The van der Waals surface area contributed by atoms with Crippen molar-refractivity contribution in [1.82, 2.24) is 4.90 Å². The van der Waals surface area contributed by atoms with Crippen LogP contribution < -0.4 is 0 Å². The Morgan fingerprint density at radius 3 is 1.26 bits per heavy atom. The molecule has 0 aliphatic heterocycles. The first kappa shape index (κ1) is 44.4. The molecule has 0 aromatic heterocycles. The smallest absolute Gasteiger partial charge is 0.310 e. The van der Waals surface area contributed by atoms with Crippen molar-refractivity contribution in [2.75, 3.05) is 20.6 Å². The lowest BCUT2D eigenvalue weighted by Crippen LogP contribution is -2.14. The van der Waals surface area contributed by atoms with Crippen LogP contribution in [0.15, 0.2) is 48.8 Å². The third kappa shape index (κ3) is 40.4. The first-order chi connectivity index (χ1) is 22.7. The van der Waals surface area contributed by atoms with E-state index in [4.69, 9.17) is 4.74 Å². The Hall–Kier alpha value is -1.61. The molecule has 0 aromatic carbocycles. The van der Waals surface area contributed by atoms with E-state index in [-0.39, 0.29) is 5.97 Å². The Bertz CT molecular complexity index is 720. The molecule has 0 rings (SSSR count). The van der Waals surface area contributed by atoms with Crippen LogP contribution in [-0.2, 0) is 9.53 Å². The van der Waals surface area contributed by atoms with Crippen molar-refractivity contribution in [3.05, 3.63) is 48.8 Å². The molecule has 268 valence electrons. The molecule has 0 radical (unpaired) electrons. The largest absolute Gasteiger partial charge is 0.435 e. The quantitative estimate of drug-likeness (QED) is 0.0295. The predicted octanol–water partition coefficient (Wildman–Crippen LogP) is 14.0. The van der Waals surface area contributed by atoms with Gasteiger partial charge in [0, 0.05) is 6.42 Å². The normalized spacial score (nSPS) is 12.3. The molecule has 0 unspecified atom stereocenters. The van der Waals surface area contributed by atoms with Gasteiger partial charge >= 0.3 is 5.97 Å². The van der Waals surface area contributed by atoms with Crippen molar-refractivity contribution < 1.29 is 9.53 Å². The molecule has 0 heterocycles. The third-order valence-electron chi connectivity index (χ3n) is 8.76. The lowest BCUT2D eigenvalue weighted by atomic mass is 10.0. The van der Waals surface area contributed by atoms with Crippen LogP contribution in [0.2, 0.25) is 0 Å². The van der Waals surface area contributed by atoms with E-state index in [1.54, 1.807) is 6.26 Å². The summed E-state index contributed by atoms with van der Waals surface area (Å²) in [5, 5.41) is 0. The van der Waals surface area contributed by atoms with Crippen molar-refractivity contribution in [2.24, 2.45) is 0 Å². The summed E-state index contributed by atoms with van der Waals surface area (Å²) in [5.41, 5.74) is 0. The second kappa shape index (κ2) is 39.6. The number of esters is 1. The average molecular weight is 642 g/mol. The minimum atomic E-state index is -0.134. The van der Waals surface area contributed by atoms with E-state index in [9.17, 15) is 4.79 Å². The number of unbranched alkanes of at least 4 members (excludes halogenated alkanes) is 24. The van der Waals surface area contributed by atoms with E-state index in [1.165, 1.54) is 154 Å². The summed E-state index contributed by atoms with van der Waals surface area (Å²) >= 11 is 0. The van der Waals surface area contributed by atoms with E-state index in [1.807, 2.05) is 20.2 Å². The maximum Gasteiger partial charge on any atom is 0.310 e. The van der Waals surface area contributed by atoms with Gasteiger partial charge < -0.3 is 9.64 Å². The van der Waals surface area contributed by atoms with E-state index in [2.05, 4.69) is 48.3 Å². The molecule has 0 N–H and O–H groups in total. The van der Waals surface area contributed by atoms with E-state index in [0.29, 0.717) is 6.42 Å². The fraction of sp³-hybridized carbons (Fsp3) is 0.791. The van der Waals surface area contributed by atoms with Crippen molar-refractivity contribution in [3.63, 3.8) is 0 Å². The molecular weight excluding hydrogens is 562 g/mol. The van der Waals surface area contributed by atoms with Gasteiger partial charge in [-0.25, -0.2) is 0 Å². The first-order valence-electron chi connectivity index (χ1n) is 20.1. The lowest BCUT2D eigenvalue weighted by Gasteiger charge is -2.07. The summed E-state index contributed by atoms with van der Waals surface area (Å²) in [6, 6.07) is 0. The Labute approximate surface area is 288 Å². The van der Waals surface area contributed by atoms with Gasteiger partial charge in [-0.3, -0.25) is 4.79 Å². The van der Waals surface area contributed by atoms with E-state index in [0.717, 1.165) is 38.6 Å². The summed E-state index contributed by atoms with van der Waals surface area (Å²) in [6.45, 7) is 3.21. The molecule has 46 heavy (non-hydrogen) atoms. The summed E-state index contributed by atoms with van der Waals surface area (Å²) in [4.78, 5) is 13.7. The number of carbonyl (C=O) groups excluding carboxylic acids is 1. The molecule has 0 aromatic rings. The highest BCUT2D eigenvalue weighted by molar-refractivity contribution is 5.69. The van der Waals surface area contributed by atoms with Gasteiger partial charge in [-0.05, 0) is 97.3 Å². The number of hydrogen-bond donors (Lipinski definition) is 0. The van der Waals surface area contributed by atoms with Crippen molar-refractivity contribution in [3.8, 4) is 0 Å². The van der Waals surface area contributed by atoms with Crippen LogP contribution in [0.25, 0.3) is 0 Å². The highest BCUT2D eigenvalue weighted by atomic mass is 16.5. The Balaban J connectivity index is 3.25. The van der Waals surface area contributed by atoms with Crippen LogP contribution in [0.4, 0.5) is 0 Å². The molecule has 0 saturated carbocycles. The first-order valence-corrected chi connectivity index (χ1v) is 20.1. The molecule has 0 amide bonds. The van der Waals surface area contributed by atoms with E-state index < -0.39 is 0 Å². The van der Waals surface area contributed by atoms with Gasteiger partial charge in [-0.2, -0.15) is 0 Å². The number of allylic oxidation sites excluding steroid dienone is 7. The molecule has 0 atom stereocenters. The van der Waals surface area contributed by atoms with Crippen LogP contribution in [0.1, 0.15) is 200 Å². The Kier molecular flexibility index (Phi) is 38.2. The van der Waals surface area contributed by atoms with Gasteiger partial charge in [0.25, 0.3) is 0 Å². The summed E-state index contributed by atoms with van der Waals surface area (Å²) in [5.74, 6) is -0.134. The second-order valence-electron chi connectivity index (χ2n) is 13.8. The molecule has 3 heteroatoms. The zero-order chi connectivity index (χ0) is 33.4. The Morgan fingerprint density at radius 1 is 0.457 bits per heavy atom. The summed E-state index contributed by atoms with van der Waals surface area (Å²) < 4.78 is 5.13. The lowest BCUT2D eigenvalue weighted by molar-refractivity contribution is -0.138. The highest BCUT2D eigenvalue weighted by Gasteiger charge is 2.01. The van der Waals surface area contributed by atoms with Crippen LogP contribution in [-0.4, -0.2) is 31.5 Å². The number of hydrogen-bond acceptors (Lipinski definition) is 3. The zero-order valence-corrected chi connectivity index (χ0v) is 31.3. The summed E-state index contributed by atoms with van der Waals surface area (Å²) in [7, 11) is 4.03. The number of nitrogens with zero attached hydrogens (tertiary/aromatic N) is 1. The van der Waals surface area contributed by atoms with Gasteiger partial charge in [-0.15, -0.1) is 0 Å². The van der Waals surface area contributed by atoms with Crippen molar-refractivity contribution >= 4 is 5.97 Å². The highest BCUT2D eigenvalue weighted by Crippen LogP contribution is 2.15. The van der Waals surface area contributed by atoms with E-state index >= 15 is 0 Å². The number of ether oxygens (including phenoxy) is 1. The minimum absolute atomic E-state index is 0.134. The number of rotatable bonds is 36. The molecule has 0 spiro atoms. The standard InChI is InChI=1S/C43H79NO2/c1-4-5-6-7-8-9-10-11-12-13-14-15-16-17-18-19-20-21-22-23-24-25-26-27-28-29-30-31-32-33-34-35-36-37-38-42-46-43(45)40-39-41-44(2)3/h11-12,30-31,33-34,38,42H,4-10,13-29,32,35-37,39-41H2,1-3H3/b12-11?,31-30?,34-33?,42-38-. The van der Waals surface area contributed by atoms with Gasteiger partial charge in [-0.1, -0.05) is 159 Å². The molecule has 0 aliphatic rings. The minimum Gasteiger partial charge on any atom is -0.435 e. The molecule has 0 saturated heterocycles.